The van der Waals surface area contributed by atoms with Crippen LogP contribution in [0.25, 0.3) is 0 Å². The van der Waals surface area contributed by atoms with E-state index in [0.717, 1.165) is 53.8 Å². The van der Waals surface area contributed by atoms with Gasteiger partial charge in [-0.2, -0.15) is 4.37 Å². The Kier molecular flexibility index (Phi) is 5.15. The molecule has 3 heterocycles. The van der Waals surface area contributed by atoms with Crippen LogP contribution in [0.5, 0.6) is 5.75 Å². The van der Waals surface area contributed by atoms with E-state index in [-0.39, 0.29) is 12.1 Å². The third-order valence-electron chi connectivity index (χ3n) is 5.18. The number of anilines is 1. The summed E-state index contributed by atoms with van der Waals surface area (Å²) in [5.41, 5.74) is 2.19. The molecule has 8 heteroatoms. The summed E-state index contributed by atoms with van der Waals surface area (Å²) >= 11 is 1.44. The summed E-state index contributed by atoms with van der Waals surface area (Å²) in [4.78, 5) is 21.4. The van der Waals surface area contributed by atoms with Crippen LogP contribution in [0.15, 0.2) is 18.2 Å². The lowest BCUT2D eigenvalue weighted by atomic mass is 9.98. The van der Waals surface area contributed by atoms with E-state index >= 15 is 0 Å². The summed E-state index contributed by atoms with van der Waals surface area (Å²) in [5, 5.41) is 4.16. The number of urea groups is 1. The minimum Gasteiger partial charge on any atom is -0.493 e. The molecule has 1 N–H and O–H groups in total. The Bertz CT molecular complexity index is 816. The molecule has 0 bridgehead atoms. The molecule has 1 atom stereocenters. The first kappa shape index (κ1) is 18.0. The number of aryl methyl sites for hydroxylation is 2. The molecule has 1 saturated heterocycles. The molecule has 0 radical (unpaired) electrons. The van der Waals surface area contributed by atoms with Crippen LogP contribution in [-0.4, -0.2) is 53.1 Å². The molecule has 7 nitrogen and oxygen atoms in total. The molecule has 1 fully saturated rings. The summed E-state index contributed by atoms with van der Waals surface area (Å²) < 4.78 is 10.2. The van der Waals surface area contributed by atoms with Crippen molar-refractivity contribution >= 4 is 22.7 Å². The second-order valence-corrected chi connectivity index (χ2v) is 7.68. The van der Waals surface area contributed by atoms with Gasteiger partial charge in [-0.05, 0) is 12.5 Å². The molecule has 1 aromatic carbocycles. The fourth-order valence-corrected chi connectivity index (χ4v) is 4.39. The maximum atomic E-state index is 12.8. The largest absolute Gasteiger partial charge is 0.493 e. The van der Waals surface area contributed by atoms with Crippen molar-refractivity contribution < 1.29 is 9.53 Å². The van der Waals surface area contributed by atoms with Crippen LogP contribution in [-0.2, 0) is 6.42 Å². The Morgan fingerprint density at radius 1 is 1.33 bits per heavy atom. The van der Waals surface area contributed by atoms with Crippen molar-refractivity contribution in [1.82, 2.24) is 19.6 Å². The van der Waals surface area contributed by atoms with Gasteiger partial charge in [0.2, 0.25) is 5.13 Å². The van der Waals surface area contributed by atoms with Crippen molar-refractivity contribution in [3.05, 3.63) is 35.2 Å². The number of para-hydroxylation sites is 1. The Morgan fingerprint density at radius 2 is 2.15 bits per heavy atom. The highest BCUT2D eigenvalue weighted by atomic mass is 32.1. The molecule has 0 unspecified atom stereocenters. The normalized spacial score (nSPS) is 19.4. The molecule has 2 aromatic rings. The van der Waals surface area contributed by atoms with E-state index in [1.54, 1.807) is 0 Å². The van der Waals surface area contributed by atoms with Crippen LogP contribution in [0.2, 0.25) is 0 Å². The number of fused-ring (bicyclic) bond motifs is 1. The molecule has 27 heavy (non-hydrogen) atoms. The van der Waals surface area contributed by atoms with Gasteiger partial charge in [-0.15, -0.1) is 0 Å². The van der Waals surface area contributed by atoms with Gasteiger partial charge < -0.3 is 19.9 Å². The Balaban J connectivity index is 1.36. The van der Waals surface area contributed by atoms with Gasteiger partial charge in [0.25, 0.3) is 0 Å². The quantitative estimate of drug-likeness (QED) is 0.877. The Morgan fingerprint density at radius 3 is 2.89 bits per heavy atom. The zero-order valence-corrected chi connectivity index (χ0v) is 16.6. The first-order valence-corrected chi connectivity index (χ1v) is 10.3. The molecule has 0 aliphatic carbocycles. The summed E-state index contributed by atoms with van der Waals surface area (Å²) in [6.45, 7) is 7.69. The van der Waals surface area contributed by atoms with E-state index in [1.165, 1.54) is 11.5 Å². The first-order valence-electron chi connectivity index (χ1n) is 9.51. The number of ether oxygens (including phenoxy) is 1. The van der Waals surface area contributed by atoms with Gasteiger partial charge in [0.15, 0.2) is 0 Å². The van der Waals surface area contributed by atoms with E-state index in [4.69, 9.17) is 4.74 Å². The fourth-order valence-electron chi connectivity index (χ4n) is 3.59. The van der Waals surface area contributed by atoms with Crippen molar-refractivity contribution in [2.24, 2.45) is 0 Å². The number of hydrogen-bond acceptors (Lipinski definition) is 6. The van der Waals surface area contributed by atoms with Gasteiger partial charge in [0, 0.05) is 56.1 Å². The van der Waals surface area contributed by atoms with Gasteiger partial charge >= 0.3 is 6.03 Å². The lowest BCUT2D eigenvalue weighted by molar-refractivity contribution is 0.183. The Hall–Kier alpha value is -2.35. The number of piperazine rings is 1. The molecule has 1 aromatic heterocycles. The van der Waals surface area contributed by atoms with E-state index in [1.807, 2.05) is 30.0 Å². The van der Waals surface area contributed by atoms with Crippen molar-refractivity contribution in [3.63, 3.8) is 0 Å². The second-order valence-electron chi connectivity index (χ2n) is 6.95. The van der Waals surface area contributed by atoms with Gasteiger partial charge in [-0.1, -0.05) is 25.1 Å². The SMILES string of the molecule is CCc1nsc(N2CCN(C(=O)N[C@@H]3CCOc4c(C)cccc43)CC2)n1. The fraction of sp³-hybridized carbons (Fsp3) is 0.526. The summed E-state index contributed by atoms with van der Waals surface area (Å²) in [6.07, 6.45) is 1.65. The van der Waals surface area contributed by atoms with Gasteiger partial charge in [0.1, 0.15) is 11.6 Å². The zero-order valence-electron chi connectivity index (χ0n) is 15.8. The average molecular weight is 388 g/mol. The number of benzene rings is 1. The zero-order chi connectivity index (χ0) is 18.8. The summed E-state index contributed by atoms with van der Waals surface area (Å²) in [6, 6.07) is 6.12. The minimum atomic E-state index is 0.000479. The number of hydrogen-bond donors (Lipinski definition) is 1. The molecule has 2 aliphatic heterocycles. The van der Waals surface area contributed by atoms with Crippen LogP contribution >= 0.6 is 11.5 Å². The molecule has 2 aliphatic rings. The number of rotatable bonds is 3. The van der Waals surface area contributed by atoms with Gasteiger partial charge in [-0.3, -0.25) is 0 Å². The molecule has 2 amide bonds. The third-order valence-corrected chi connectivity index (χ3v) is 5.99. The molecular formula is C19H25N5O2S. The minimum absolute atomic E-state index is 0.000479. The second kappa shape index (κ2) is 7.72. The molecular weight excluding hydrogens is 362 g/mol. The van der Waals surface area contributed by atoms with Gasteiger partial charge in [-0.25, -0.2) is 9.78 Å². The molecule has 0 spiro atoms. The topological polar surface area (TPSA) is 70.6 Å². The van der Waals surface area contributed by atoms with E-state index in [9.17, 15) is 4.79 Å². The maximum Gasteiger partial charge on any atom is 0.318 e. The summed E-state index contributed by atoms with van der Waals surface area (Å²) in [5.74, 6) is 1.81. The molecule has 144 valence electrons. The Labute approximate surface area is 163 Å². The number of amides is 2. The van der Waals surface area contributed by atoms with Crippen molar-refractivity contribution in [1.29, 1.82) is 0 Å². The molecule has 0 saturated carbocycles. The maximum absolute atomic E-state index is 12.8. The van der Waals surface area contributed by atoms with Crippen molar-refractivity contribution in [2.75, 3.05) is 37.7 Å². The number of nitrogens with zero attached hydrogens (tertiary/aromatic N) is 4. The van der Waals surface area contributed by atoms with Gasteiger partial charge in [0.05, 0.1) is 12.6 Å². The average Bonchev–Trinajstić information content (AvgIpc) is 3.18. The number of nitrogens with one attached hydrogen (secondary N) is 1. The highest BCUT2D eigenvalue weighted by Gasteiger charge is 2.28. The van der Waals surface area contributed by atoms with Crippen LogP contribution in [0.4, 0.5) is 9.93 Å². The van der Waals surface area contributed by atoms with E-state index < -0.39 is 0 Å². The first-order chi connectivity index (χ1) is 13.2. The smallest absolute Gasteiger partial charge is 0.318 e. The predicted octanol–water partition coefficient (Wildman–Crippen LogP) is 2.76. The standard InChI is InChI=1S/C19H25N5O2S/c1-3-16-21-19(27-22-16)24-10-8-23(9-11-24)18(25)20-15-7-12-26-17-13(2)5-4-6-14(15)17/h4-6,15H,3,7-12H2,1-2H3,(H,20,25)/t15-/m1/s1. The summed E-state index contributed by atoms with van der Waals surface area (Å²) in [7, 11) is 0. The third kappa shape index (κ3) is 3.71. The predicted molar refractivity (Wildman–Crippen MR) is 106 cm³/mol. The highest BCUT2D eigenvalue weighted by molar-refractivity contribution is 7.09. The number of carbonyl (C=O) groups excluding carboxylic acids is 1. The lowest BCUT2D eigenvalue weighted by Crippen LogP contribution is -2.52. The highest BCUT2D eigenvalue weighted by Crippen LogP contribution is 2.34. The number of aromatic nitrogens is 2. The lowest BCUT2D eigenvalue weighted by Gasteiger charge is -2.36. The van der Waals surface area contributed by atoms with Crippen LogP contribution < -0.4 is 15.0 Å². The van der Waals surface area contributed by atoms with E-state index in [2.05, 4.69) is 26.5 Å². The van der Waals surface area contributed by atoms with Crippen molar-refractivity contribution in [3.8, 4) is 5.75 Å². The van der Waals surface area contributed by atoms with Crippen LogP contribution in [0.3, 0.4) is 0 Å². The van der Waals surface area contributed by atoms with E-state index in [0.29, 0.717) is 19.7 Å². The number of carbonyl (C=O) groups is 1. The van der Waals surface area contributed by atoms with Crippen molar-refractivity contribution in [2.45, 2.75) is 32.7 Å². The monoisotopic (exact) mass is 387 g/mol. The van der Waals surface area contributed by atoms with Crippen LogP contribution in [0, 0.1) is 6.92 Å². The molecule has 4 rings (SSSR count). The van der Waals surface area contributed by atoms with Crippen LogP contribution in [0.1, 0.15) is 36.3 Å².